The van der Waals surface area contributed by atoms with Crippen molar-refractivity contribution < 1.29 is 31.6 Å². The van der Waals surface area contributed by atoms with E-state index in [1.807, 2.05) is 0 Å². The maximum atomic E-state index is 13.2. The normalized spacial score (nSPS) is 12.1. The molecule has 2 amide bonds. The molecule has 3 rings (SSSR count). The Bertz CT molecular complexity index is 1180. The van der Waals surface area contributed by atoms with Crippen molar-refractivity contribution >= 4 is 21.7 Å². The minimum atomic E-state index is -4.05. The van der Waals surface area contributed by atoms with Gasteiger partial charge in [0.2, 0.25) is 0 Å². The average Bonchev–Trinajstić information content (AvgIpc) is 3.32. The van der Waals surface area contributed by atoms with Crippen molar-refractivity contribution in [3.8, 4) is 5.75 Å². The first-order chi connectivity index (χ1) is 15.3. The van der Waals surface area contributed by atoms with Gasteiger partial charge in [0.15, 0.2) is 9.84 Å². The summed E-state index contributed by atoms with van der Waals surface area (Å²) in [6.07, 6.45) is 1.30. The summed E-state index contributed by atoms with van der Waals surface area (Å²) < 4.78 is 49.6. The Hall–Kier alpha value is -3.66. The summed E-state index contributed by atoms with van der Waals surface area (Å²) in [5, 5.41) is 3.48. The van der Waals surface area contributed by atoms with Crippen molar-refractivity contribution in [2.24, 2.45) is 0 Å². The predicted octanol–water partition coefficient (Wildman–Crippen LogP) is 2.37. The van der Waals surface area contributed by atoms with Gasteiger partial charge in [0, 0.05) is 13.1 Å². The summed E-state index contributed by atoms with van der Waals surface area (Å²) in [5.41, 5.74) is 0.720. The lowest BCUT2D eigenvalue weighted by molar-refractivity contribution is -0.139. The second kappa shape index (κ2) is 10.1. The minimum Gasteiger partial charge on any atom is -0.497 e. The summed E-state index contributed by atoms with van der Waals surface area (Å²) in [6, 6.07) is 14.2. The van der Waals surface area contributed by atoms with E-state index < -0.39 is 39.3 Å². The fourth-order valence-electron chi connectivity index (χ4n) is 2.94. The lowest BCUT2D eigenvalue weighted by atomic mass is 10.2. The zero-order valence-electron chi connectivity index (χ0n) is 17.1. The third-order valence-electron chi connectivity index (χ3n) is 4.62. The van der Waals surface area contributed by atoms with Gasteiger partial charge in [0.1, 0.15) is 22.6 Å². The number of benzene rings is 2. The number of methoxy groups -OCH3 is 1. The van der Waals surface area contributed by atoms with E-state index >= 15 is 0 Å². The van der Waals surface area contributed by atoms with Crippen molar-refractivity contribution in [3.63, 3.8) is 0 Å². The van der Waals surface area contributed by atoms with Crippen LogP contribution >= 0.6 is 0 Å². The van der Waals surface area contributed by atoms with Gasteiger partial charge >= 0.3 is 11.8 Å². The average molecular weight is 460 g/mol. The molecule has 8 nitrogen and oxygen atoms in total. The largest absolute Gasteiger partial charge is 0.497 e. The van der Waals surface area contributed by atoms with Gasteiger partial charge in [0.05, 0.1) is 18.3 Å². The van der Waals surface area contributed by atoms with E-state index in [1.54, 1.807) is 24.3 Å². The lowest BCUT2D eigenvalue weighted by Crippen LogP contribution is -2.42. The lowest BCUT2D eigenvalue weighted by Gasteiger charge is -2.16. The molecule has 32 heavy (non-hydrogen) atoms. The van der Waals surface area contributed by atoms with Gasteiger partial charge in [-0.15, -0.1) is 0 Å². The molecule has 0 fully saturated rings. The number of furan rings is 1. The molecule has 168 valence electrons. The van der Waals surface area contributed by atoms with Crippen LogP contribution in [0.3, 0.4) is 0 Å². The van der Waals surface area contributed by atoms with E-state index in [9.17, 15) is 22.4 Å². The quantitative estimate of drug-likeness (QED) is 0.394. The van der Waals surface area contributed by atoms with Gasteiger partial charge in [-0.25, -0.2) is 12.8 Å². The summed E-state index contributed by atoms with van der Waals surface area (Å²) in [6.45, 7) is -0.336. The van der Waals surface area contributed by atoms with Crippen molar-refractivity contribution in [1.29, 1.82) is 0 Å². The predicted molar refractivity (Wildman–Crippen MR) is 113 cm³/mol. The van der Waals surface area contributed by atoms with Crippen LogP contribution in [0.15, 0.2) is 76.2 Å². The number of nitrogens with one attached hydrogen (secondary N) is 2. The number of hydrogen-bond donors (Lipinski definition) is 2. The SMILES string of the molecule is COc1cccc(CNC(=O)C(=O)NC[C@H](c2ccco2)S(=O)(=O)c2ccc(F)cc2)c1. The van der Waals surface area contributed by atoms with E-state index in [0.29, 0.717) is 5.75 Å². The Morgan fingerprint density at radius 1 is 1.03 bits per heavy atom. The molecule has 0 aliphatic carbocycles. The Kier molecular flexibility index (Phi) is 7.26. The summed E-state index contributed by atoms with van der Waals surface area (Å²) in [7, 11) is -2.53. The number of rotatable bonds is 8. The molecule has 0 saturated carbocycles. The van der Waals surface area contributed by atoms with Gasteiger partial charge in [-0.05, 0) is 54.1 Å². The molecule has 1 aromatic heterocycles. The number of carbonyl (C=O) groups excluding carboxylic acids is 2. The number of sulfone groups is 1. The van der Waals surface area contributed by atoms with Gasteiger partial charge in [0.25, 0.3) is 0 Å². The van der Waals surface area contributed by atoms with Crippen LogP contribution in [0.5, 0.6) is 5.75 Å². The molecule has 0 radical (unpaired) electrons. The number of hydrogen-bond acceptors (Lipinski definition) is 6. The van der Waals surface area contributed by atoms with Crippen LogP contribution in [-0.4, -0.2) is 33.9 Å². The maximum absolute atomic E-state index is 13.2. The highest BCUT2D eigenvalue weighted by molar-refractivity contribution is 7.91. The summed E-state index contributed by atoms with van der Waals surface area (Å²) >= 11 is 0. The van der Waals surface area contributed by atoms with E-state index in [2.05, 4.69) is 10.6 Å². The fourth-order valence-corrected chi connectivity index (χ4v) is 4.52. The molecule has 3 aromatic rings. The smallest absolute Gasteiger partial charge is 0.309 e. The minimum absolute atomic E-state index is 0.0754. The molecule has 1 atom stereocenters. The molecule has 0 bridgehead atoms. The topological polar surface area (TPSA) is 115 Å². The Labute approximate surface area is 184 Å². The Balaban J connectivity index is 1.67. The molecule has 0 aliphatic rings. The third kappa shape index (κ3) is 5.52. The highest BCUT2D eigenvalue weighted by Gasteiger charge is 2.32. The van der Waals surface area contributed by atoms with Crippen molar-refractivity contribution in [2.45, 2.75) is 16.7 Å². The van der Waals surface area contributed by atoms with E-state index in [4.69, 9.17) is 9.15 Å². The van der Waals surface area contributed by atoms with Crippen LogP contribution in [-0.2, 0) is 26.0 Å². The number of carbonyl (C=O) groups is 2. The first kappa shape index (κ1) is 23.0. The van der Waals surface area contributed by atoms with Gasteiger partial charge in [-0.3, -0.25) is 9.59 Å². The zero-order valence-corrected chi connectivity index (χ0v) is 17.9. The standard InChI is InChI=1S/C22H21FN2O6S/c1-30-17-5-2-4-15(12-17)13-24-21(26)22(27)25-14-20(19-6-3-11-31-19)32(28,29)18-9-7-16(23)8-10-18/h2-12,20H,13-14H2,1H3,(H,24,26)(H,25,27)/t20-/m1/s1. The second-order valence-electron chi connectivity index (χ2n) is 6.75. The number of ether oxygens (including phenoxy) is 1. The van der Waals surface area contributed by atoms with Gasteiger partial charge in [-0.2, -0.15) is 0 Å². The number of halogens is 1. The molecular weight excluding hydrogens is 439 g/mol. The molecule has 2 N–H and O–H groups in total. The van der Waals surface area contributed by atoms with Crippen LogP contribution in [0.2, 0.25) is 0 Å². The van der Waals surface area contributed by atoms with E-state index in [-0.39, 0.29) is 17.2 Å². The zero-order chi connectivity index (χ0) is 23.1. The van der Waals surface area contributed by atoms with Crippen molar-refractivity contribution in [1.82, 2.24) is 10.6 Å². The van der Waals surface area contributed by atoms with Gasteiger partial charge in [-0.1, -0.05) is 12.1 Å². The van der Waals surface area contributed by atoms with Crippen molar-refractivity contribution in [3.05, 3.63) is 84.1 Å². The highest BCUT2D eigenvalue weighted by Crippen LogP contribution is 2.29. The first-order valence-corrected chi connectivity index (χ1v) is 11.1. The van der Waals surface area contributed by atoms with Crippen LogP contribution in [0.25, 0.3) is 0 Å². The molecule has 0 unspecified atom stereocenters. The molecule has 0 spiro atoms. The highest BCUT2D eigenvalue weighted by atomic mass is 32.2. The molecule has 1 heterocycles. The fraction of sp³-hybridized carbons (Fsp3) is 0.182. The first-order valence-electron chi connectivity index (χ1n) is 9.53. The van der Waals surface area contributed by atoms with E-state index in [1.165, 1.54) is 25.5 Å². The third-order valence-corrected chi connectivity index (χ3v) is 6.70. The summed E-state index contributed by atoms with van der Waals surface area (Å²) in [5.74, 6) is -1.83. The molecular formula is C22H21FN2O6S. The summed E-state index contributed by atoms with van der Waals surface area (Å²) in [4.78, 5) is 24.3. The Morgan fingerprint density at radius 3 is 2.41 bits per heavy atom. The second-order valence-corrected chi connectivity index (χ2v) is 8.88. The molecule has 2 aromatic carbocycles. The van der Waals surface area contributed by atoms with Crippen LogP contribution < -0.4 is 15.4 Å². The molecule has 0 aliphatic heterocycles. The monoisotopic (exact) mass is 460 g/mol. The van der Waals surface area contributed by atoms with Crippen LogP contribution in [0.1, 0.15) is 16.6 Å². The van der Waals surface area contributed by atoms with Gasteiger partial charge < -0.3 is 19.8 Å². The Morgan fingerprint density at radius 2 is 1.75 bits per heavy atom. The van der Waals surface area contributed by atoms with E-state index in [0.717, 1.165) is 29.8 Å². The molecule has 10 heteroatoms. The van der Waals surface area contributed by atoms with Crippen LogP contribution in [0.4, 0.5) is 4.39 Å². The van der Waals surface area contributed by atoms with Crippen molar-refractivity contribution in [2.75, 3.05) is 13.7 Å². The number of amides is 2. The van der Waals surface area contributed by atoms with Crippen LogP contribution in [0, 0.1) is 5.82 Å². The maximum Gasteiger partial charge on any atom is 0.309 e. The molecule has 0 saturated heterocycles.